The summed E-state index contributed by atoms with van der Waals surface area (Å²) in [4.78, 5) is 12.4. The Morgan fingerprint density at radius 1 is 0.970 bits per heavy atom. The first kappa shape index (κ1) is 22.6. The summed E-state index contributed by atoms with van der Waals surface area (Å²) in [5.41, 5.74) is 1.42. The van der Waals surface area contributed by atoms with Crippen LogP contribution in [0.15, 0.2) is 59.9 Å². The number of sulfonamides is 1. The molecular weight excluding hydrogens is 455 g/mol. The molecule has 0 aliphatic heterocycles. The maximum absolute atomic E-state index is 13.4. The van der Waals surface area contributed by atoms with Gasteiger partial charge in [-0.1, -0.05) is 6.07 Å². The fourth-order valence-corrected chi connectivity index (χ4v) is 4.37. The van der Waals surface area contributed by atoms with E-state index in [9.17, 15) is 21.6 Å². The van der Waals surface area contributed by atoms with Gasteiger partial charge in [0, 0.05) is 22.8 Å². The quantitative estimate of drug-likeness (QED) is 0.444. The lowest BCUT2D eigenvalue weighted by molar-refractivity contribution is -0.137. The van der Waals surface area contributed by atoms with Crippen molar-refractivity contribution < 1.29 is 21.6 Å². The zero-order chi connectivity index (χ0) is 24.0. The molecule has 0 aliphatic carbocycles. The van der Waals surface area contributed by atoms with Crippen molar-refractivity contribution in [2.45, 2.75) is 24.9 Å². The summed E-state index contributed by atoms with van der Waals surface area (Å²) in [7, 11) is -3.86. The summed E-state index contributed by atoms with van der Waals surface area (Å²) in [5.74, 6) is 0.412. The van der Waals surface area contributed by atoms with Crippen LogP contribution in [0.4, 0.5) is 24.7 Å². The standard InChI is InChI=1S/C22H18F3N5O2S/c1-12-13(2)19(33(26,31)32)8-7-17(12)30-21-15-6-5-14(10-18(15)28-11-29-21)20-16(22(23,24)25)4-3-9-27-20/h3-11H,1-2H3,(H2,26,31,32)(H,28,29,30). The van der Waals surface area contributed by atoms with Crippen LogP contribution in [0.25, 0.3) is 22.2 Å². The van der Waals surface area contributed by atoms with Gasteiger partial charge in [-0.25, -0.2) is 23.5 Å². The van der Waals surface area contributed by atoms with Crippen LogP contribution < -0.4 is 10.5 Å². The van der Waals surface area contributed by atoms with Gasteiger partial charge in [-0.2, -0.15) is 13.2 Å². The van der Waals surface area contributed by atoms with E-state index in [1.54, 1.807) is 26.0 Å². The van der Waals surface area contributed by atoms with Crippen molar-refractivity contribution in [3.8, 4) is 11.3 Å². The molecule has 2 heterocycles. The van der Waals surface area contributed by atoms with Crippen molar-refractivity contribution in [3.05, 3.63) is 71.7 Å². The summed E-state index contributed by atoms with van der Waals surface area (Å²) in [6.45, 7) is 3.39. The number of hydrogen-bond donors (Lipinski definition) is 2. The normalized spacial score (nSPS) is 12.2. The molecule has 0 amide bonds. The number of primary sulfonamides is 1. The number of benzene rings is 2. The van der Waals surface area contributed by atoms with Crippen LogP contribution in [0.2, 0.25) is 0 Å². The van der Waals surface area contributed by atoms with Crippen molar-refractivity contribution in [3.63, 3.8) is 0 Å². The molecule has 0 atom stereocenters. The highest BCUT2D eigenvalue weighted by molar-refractivity contribution is 7.89. The molecule has 0 saturated carbocycles. The molecule has 2 aromatic heterocycles. The Morgan fingerprint density at radius 3 is 2.42 bits per heavy atom. The number of halogens is 3. The Bertz CT molecular complexity index is 1490. The van der Waals surface area contributed by atoms with E-state index in [4.69, 9.17) is 5.14 Å². The Morgan fingerprint density at radius 2 is 1.73 bits per heavy atom. The Hall–Kier alpha value is -3.57. The second kappa shape index (κ2) is 8.09. The molecule has 0 unspecified atom stereocenters. The van der Waals surface area contributed by atoms with E-state index in [0.29, 0.717) is 33.5 Å². The van der Waals surface area contributed by atoms with Gasteiger partial charge in [0.1, 0.15) is 12.1 Å². The van der Waals surface area contributed by atoms with E-state index >= 15 is 0 Å². The first-order valence-corrected chi connectivity index (χ1v) is 11.2. The summed E-state index contributed by atoms with van der Waals surface area (Å²) in [5, 5.41) is 8.97. The van der Waals surface area contributed by atoms with Crippen LogP contribution in [0.3, 0.4) is 0 Å². The SMILES string of the molecule is Cc1c(Nc2ncnc3cc(-c4ncccc4C(F)(F)F)ccc23)ccc(S(N)(=O)=O)c1C. The molecule has 0 radical (unpaired) electrons. The van der Waals surface area contributed by atoms with Gasteiger partial charge in [0.15, 0.2) is 0 Å². The first-order valence-electron chi connectivity index (χ1n) is 9.64. The molecule has 0 spiro atoms. The van der Waals surface area contributed by atoms with Crippen molar-refractivity contribution in [2.24, 2.45) is 5.14 Å². The predicted octanol–water partition coefficient (Wildman–Crippen LogP) is 4.72. The van der Waals surface area contributed by atoms with E-state index in [0.717, 1.165) is 6.07 Å². The number of rotatable bonds is 4. The molecule has 2 aromatic carbocycles. The van der Waals surface area contributed by atoms with Crippen LogP contribution >= 0.6 is 0 Å². The lowest BCUT2D eigenvalue weighted by Crippen LogP contribution is -2.14. The Balaban J connectivity index is 1.77. The Kier molecular flexibility index (Phi) is 5.54. The molecule has 0 saturated heterocycles. The van der Waals surface area contributed by atoms with Gasteiger partial charge in [-0.05, 0) is 61.4 Å². The molecule has 0 aliphatic rings. The van der Waals surface area contributed by atoms with Crippen molar-refractivity contribution in [1.29, 1.82) is 0 Å². The van der Waals surface area contributed by atoms with Crippen LogP contribution in [0.1, 0.15) is 16.7 Å². The highest BCUT2D eigenvalue weighted by Crippen LogP contribution is 2.37. The molecule has 0 bridgehead atoms. The van der Waals surface area contributed by atoms with Gasteiger partial charge in [0.2, 0.25) is 10.0 Å². The highest BCUT2D eigenvalue weighted by Gasteiger charge is 2.34. The van der Waals surface area contributed by atoms with Crippen LogP contribution in [0, 0.1) is 13.8 Å². The first-order chi connectivity index (χ1) is 15.5. The van der Waals surface area contributed by atoms with Gasteiger partial charge in [0.25, 0.3) is 0 Å². The largest absolute Gasteiger partial charge is 0.418 e. The van der Waals surface area contributed by atoms with Crippen LogP contribution in [-0.4, -0.2) is 23.4 Å². The van der Waals surface area contributed by atoms with Crippen molar-refractivity contribution in [1.82, 2.24) is 15.0 Å². The van der Waals surface area contributed by atoms with E-state index in [2.05, 4.69) is 20.3 Å². The summed E-state index contributed by atoms with van der Waals surface area (Å²) < 4.78 is 63.7. The molecular formula is C22H18F3N5O2S. The second-order valence-electron chi connectivity index (χ2n) is 7.38. The Labute approximate surface area is 187 Å². The number of pyridine rings is 1. The summed E-state index contributed by atoms with van der Waals surface area (Å²) in [6, 6.07) is 9.86. The second-order valence-corrected chi connectivity index (χ2v) is 8.91. The van der Waals surface area contributed by atoms with Gasteiger partial charge >= 0.3 is 6.18 Å². The number of aromatic nitrogens is 3. The molecule has 11 heteroatoms. The van der Waals surface area contributed by atoms with Crippen molar-refractivity contribution in [2.75, 3.05) is 5.32 Å². The van der Waals surface area contributed by atoms with Crippen LogP contribution in [0.5, 0.6) is 0 Å². The number of anilines is 2. The third-order valence-electron chi connectivity index (χ3n) is 5.32. The third kappa shape index (κ3) is 4.37. The topological polar surface area (TPSA) is 111 Å². The fourth-order valence-electron chi connectivity index (χ4n) is 3.54. The molecule has 0 fully saturated rings. The monoisotopic (exact) mass is 473 g/mol. The number of nitrogens with two attached hydrogens (primary N) is 1. The van der Waals surface area contributed by atoms with E-state index in [-0.39, 0.29) is 16.2 Å². The summed E-state index contributed by atoms with van der Waals surface area (Å²) in [6.07, 6.45) is -1.95. The minimum Gasteiger partial charge on any atom is -0.339 e. The third-order valence-corrected chi connectivity index (χ3v) is 6.38. The minimum atomic E-state index is -4.55. The zero-order valence-electron chi connectivity index (χ0n) is 17.5. The lowest BCUT2D eigenvalue weighted by Gasteiger charge is -2.15. The number of hydrogen-bond acceptors (Lipinski definition) is 6. The van der Waals surface area contributed by atoms with E-state index in [1.807, 2.05) is 0 Å². The average Bonchev–Trinajstić information content (AvgIpc) is 2.75. The molecule has 170 valence electrons. The highest BCUT2D eigenvalue weighted by atomic mass is 32.2. The van der Waals surface area contributed by atoms with Crippen molar-refractivity contribution >= 4 is 32.4 Å². The van der Waals surface area contributed by atoms with Gasteiger partial charge in [-0.15, -0.1) is 0 Å². The van der Waals surface area contributed by atoms with Crippen LogP contribution in [-0.2, 0) is 16.2 Å². The lowest BCUT2D eigenvalue weighted by atomic mass is 10.0. The molecule has 7 nitrogen and oxygen atoms in total. The number of alkyl halides is 3. The zero-order valence-corrected chi connectivity index (χ0v) is 18.3. The minimum absolute atomic E-state index is 0.0265. The number of nitrogens with one attached hydrogen (secondary N) is 1. The van der Waals surface area contributed by atoms with Gasteiger partial charge in [0.05, 0.1) is 21.7 Å². The molecule has 4 rings (SSSR count). The van der Waals surface area contributed by atoms with Gasteiger partial charge in [-0.3, -0.25) is 4.98 Å². The summed E-state index contributed by atoms with van der Waals surface area (Å²) >= 11 is 0. The smallest absolute Gasteiger partial charge is 0.339 e. The number of nitrogens with zero attached hydrogens (tertiary/aromatic N) is 3. The molecule has 33 heavy (non-hydrogen) atoms. The fraction of sp³-hybridized carbons (Fsp3) is 0.136. The molecule has 3 N–H and O–H groups in total. The average molecular weight is 473 g/mol. The maximum Gasteiger partial charge on any atom is 0.418 e. The number of fused-ring (bicyclic) bond motifs is 1. The predicted molar refractivity (Wildman–Crippen MR) is 118 cm³/mol. The molecule has 4 aromatic rings. The van der Waals surface area contributed by atoms with Gasteiger partial charge < -0.3 is 5.32 Å². The van der Waals surface area contributed by atoms with E-state index in [1.165, 1.54) is 36.8 Å². The van der Waals surface area contributed by atoms with E-state index < -0.39 is 21.8 Å². The maximum atomic E-state index is 13.4.